The van der Waals surface area contributed by atoms with E-state index in [1.807, 2.05) is 6.08 Å². The van der Waals surface area contributed by atoms with Crippen molar-refractivity contribution >= 4 is 17.7 Å². The number of aliphatic carboxylic acids is 1. The highest BCUT2D eigenvalue weighted by Crippen LogP contribution is 2.49. The summed E-state index contributed by atoms with van der Waals surface area (Å²) in [6.07, 6.45) is -0.546. The Morgan fingerprint density at radius 3 is 2.34 bits per heavy atom. The SMILES string of the molecule is Cn1nc(C(F)(F)F)c(-c2ccccc2)c1NC(=O)[C@@H]1[C@H](C(=O)O)[C@H]2C=C[C@H]1C2. The van der Waals surface area contributed by atoms with Crippen LogP contribution in [0.1, 0.15) is 12.1 Å². The van der Waals surface area contributed by atoms with Gasteiger partial charge in [0.2, 0.25) is 5.91 Å². The molecule has 29 heavy (non-hydrogen) atoms. The van der Waals surface area contributed by atoms with Gasteiger partial charge >= 0.3 is 12.1 Å². The van der Waals surface area contributed by atoms with Crippen LogP contribution in [0.15, 0.2) is 42.5 Å². The molecule has 2 aliphatic rings. The molecule has 6 nitrogen and oxygen atoms in total. The first-order chi connectivity index (χ1) is 13.7. The normalized spacial score (nSPS) is 25.4. The summed E-state index contributed by atoms with van der Waals surface area (Å²) >= 11 is 0. The zero-order valence-corrected chi connectivity index (χ0v) is 15.3. The quantitative estimate of drug-likeness (QED) is 0.762. The van der Waals surface area contributed by atoms with Gasteiger partial charge in [0.15, 0.2) is 5.69 Å². The molecule has 1 aromatic carbocycles. The average Bonchev–Trinajstić information content (AvgIpc) is 3.35. The van der Waals surface area contributed by atoms with Crippen LogP contribution in [0.4, 0.5) is 19.0 Å². The highest BCUT2D eigenvalue weighted by atomic mass is 19.4. The van der Waals surface area contributed by atoms with E-state index in [9.17, 15) is 27.9 Å². The molecule has 0 aliphatic heterocycles. The van der Waals surface area contributed by atoms with Crippen molar-refractivity contribution in [2.24, 2.45) is 30.7 Å². The van der Waals surface area contributed by atoms with Gasteiger partial charge in [-0.2, -0.15) is 18.3 Å². The number of halogens is 3. The fourth-order valence-electron chi connectivity index (χ4n) is 4.46. The molecule has 0 unspecified atom stereocenters. The van der Waals surface area contributed by atoms with Crippen LogP contribution in [0.5, 0.6) is 0 Å². The molecule has 1 saturated carbocycles. The lowest BCUT2D eigenvalue weighted by Gasteiger charge is -2.24. The summed E-state index contributed by atoms with van der Waals surface area (Å²) in [7, 11) is 1.31. The fraction of sp³-hybridized carbons (Fsp3) is 0.350. The van der Waals surface area contributed by atoms with E-state index in [-0.39, 0.29) is 28.8 Å². The Morgan fingerprint density at radius 2 is 1.76 bits per heavy atom. The van der Waals surface area contributed by atoms with Crippen LogP contribution in [0.2, 0.25) is 0 Å². The maximum atomic E-state index is 13.6. The van der Waals surface area contributed by atoms with Gasteiger partial charge in [0.05, 0.1) is 17.4 Å². The van der Waals surface area contributed by atoms with Crippen LogP contribution < -0.4 is 5.32 Å². The number of benzene rings is 1. The van der Waals surface area contributed by atoms with Crippen molar-refractivity contribution in [3.8, 4) is 11.1 Å². The van der Waals surface area contributed by atoms with Gasteiger partial charge in [0.1, 0.15) is 5.82 Å². The molecule has 0 spiro atoms. The maximum absolute atomic E-state index is 13.6. The van der Waals surface area contributed by atoms with E-state index in [0.29, 0.717) is 6.42 Å². The van der Waals surface area contributed by atoms with E-state index >= 15 is 0 Å². The Kier molecular flexibility index (Phi) is 4.48. The van der Waals surface area contributed by atoms with E-state index in [1.54, 1.807) is 24.3 Å². The first-order valence-electron chi connectivity index (χ1n) is 9.10. The number of carboxylic acid groups (broad SMARTS) is 1. The van der Waals surface area contributed by atoms with Crippen molar-refractivity contribution in [1.82, 2.24) is 9.78 Å². The van der Waals surface area contributed by atoms with Gasteiger partial charge in [-0.15, -0.1) is 0 Å². The molecule has 2 aromatic rings. The monoisotopic (exact) mass is 405 g/mol. The second-order valence-electron chi connectivity index (χ2n) is 7.39. The molecule has 1 fully saturated rings. The molecule has 2 aliphatic carbocycles. The lowest BCUT2D eigenvalue weighted by atomic mass is 9.82. The van der Waals surface area contributed by atoms with Crippen LogP contribution in [0, 0.1) is 23.7 Å². The molecule has 2 N–H and O–H groups in total. The van der Waals surface area contributed by atoms with E-state index in [2.05, 4.69) is 10.4 Å². The van der Waals surface area contributed by atoms with Crippen molar-refractivity contribution in [2.75, 3.05) is 5.32 Å². The topological polar surface area (TPSA) is 84.2 Å². The summed E-state index contributed by atoms with van der Waals surface area (Å²) < 4.78 is 41.7. The van der Waals surface area contributed by atoms with Crippen molar-refractivity contribution in [3.63, 3.8) is 0 Å². The Morgan fingerprint density at radius 1 is 1.14 bits per heavy atom. The van der Waals surface area contributed by atoms with Gasteiger partial charge in [-0.1, -0.05) is 42.5 Å². The molecular formula is C20H18F3N3O3. The van der Waals surface area contributed by atoms with E-state index in [0.717, 1.165) is 4.68 Å². The summed E-state index contributed by atoms with van der Waals surface area (Å²) in [6.45, 7) is 0. The maximum Gasteiger partial charge on any atom is 0.435 e. The smallest absolute Gasteiger partial charge is 0.435 e. The number of carbonyl (C=O) groups excluding carboxylic acids is 1. The molecule has 1 amide bonds. The van der Waals surface area contributed by atoms with Crippen LogP contribution >= 0.6 is 0 Å². The van der Waals surface area contributed by atoms with Crippen molar-refractivity contribution in [3.05, 3.63) is 48.2 Å². The number of rotatable bonds is 4. The average molecular weight is 405 g/mol. The van der Waals surface area contributed by atoms with Crippen LogP contribution in [-0.4, -0.2) is 26.8 Å². The standard InChI is InChI=1S/C20H18F3N3O3/c1-26-17(15(10-5-3-2-4-6-10)16(25-26)20(21,22)23)24-18(27)13-11-7-8-12(9-11)14(13)19(28)29/h2-8,11-14H,9H2,1H3,(H,24,27)(H,28,29)/t11-,12-,13-,14+/m0/s1. The minimum atomic E-state index is -4.72. The number of allylic oxidation sites excluding steroid dienone is 2. The number of hydrogen-bond donors (Lipinski definition) is 2. The Hall–Kier alpha value is -3.10. The van der Waals surface area contributed by atoms with E-state index < -0.39 is 35.6 Å². The molecule has 2 bridgehead atoms. The third kappa shape index (κ3) is 3.20. The largest absolute Gasteiger partial charge is 0.481 e. The van der Waals surface area contributed by atoms with Crippen LogP contribution in [0.25, 0.3) is 11.1 Å². The zero-order chi connectivity index (χ0) is 20.9. The number of carboxylic acids is 1. The summed E-state index contributed by atoms with van der Waals surface area (Å²) in [4.78, 5) is 24.7. The molecule has 4 atom stereocenters. The van der Waals surface area contributed by atoms with Crippen molar-refractivity contribution < 1.29 is 27.9 Å². The molecule has 1 heterocycles. The number of fused-ring (bicyclic) bond motifs is 2. The summed E-state index contributed by atoms with van der Waals surface area (Å²) in [5, 5.41) is 15.7. The Bertz CT molecular complexity index is 998. The summed E-state index contributed by atoms with van der Waals surface area (Å²) in [5.74, 6) is -4.00. The molecule has 4 rings (SSSR count). The molecule has 0 radical (unpaired) electrons. The van der Waals surface area contributed by atoms with Gasteiger partial charge < -0.3 is 10.4 Å². The van der Waals surface area contributed by atoms with Gasteiger partial charge in [-0.05, 0) is 23.8 Å². The predicted molar refractivity (Wildman–Crippen MR) is 97.6 cm³/mol. The van der Waals surface area contributed by atoms with E-state index in [1.165, 1.54) is 19.2 Å². The van der Waals surface area contributed by atoms with E-state index in [4.69, 9.17) is 0 Å². The summed E-state index contributed by atoms with van der Waals surface area (Å²) in [5.41, 5.74) is -1.09. The fourth-order valence-corrected chi connectivity index (χ4v) is 4.46. The van der Waals surface area contributed by atoms with Gasteiger partial charge in [-0.25, -0.2) is 0 Å². The van der Waals surface area contributed by atoms with Gasteiger partial charge in [-0.3, -0.25) is 14.3 Å². The Labute approximate surface area is 164 Å². The first kappa shape index (κ1) is 19.2. The van der Waals surface area contributed by atoms with Gasteiger partial charge in [0.25, 0.3) is 0 Å². The lowest BCUT2D eigenvalue weighted by Crippen LogP contribution is -2.36. The number of alkyl halides is 3. The molecule has 0 saturated heterocycles. The molecule has 1 aromatic heterocycles. The highest BCUT2D eigenvalue weighted by Gasteiger charge is 2.52. The highest BCUT2D eigenvalue weighted by molar-refractivity contribution is 5.99. The summed E-state index contributed by atoms with van der Waals surface area (Å²) in [6, 6.07) is 7.86. The zero-order valence-electron chi connectivity index (χ0n) is 15.3. The Balaban J connectivity index is 1.74. The van der Waals surface area contributed by atoms with Crippen molar-refractivity contribution in [1.29, 1.82) is 0 Å². The number of amides is 1. The lowest BCUT2D eigenvalue weighted by molar-refractivity contribution is -0.146. The number of carbonyl (C=O) groups is 2. The third-order valence-electron chi connectivity index (χ3n) is 5.67. The van der Waals surface area contributed by atoms with Crippen LogP contribution in [-0.2, 0) is 22.8 Å². The molecule has 9 heteroatoms. The number of aryl methyl sites for hydroxylation is 1. The van der Waals surface area contributed by atoms with Crippen LogP contribution in [0.3, 0.4) is 0 Å². The van der Waals surface area contributed by atoms with Gasteiger partial charge in [0, 0.05) is 7.05 Å². The van der Waals surface area contributed by atoms with Crippen molar-refractivity contribution in [2.45, 2.75) is 12.6 Å². The number of aromatic nitrogens is 2. The minimum Gasteiger partial charge on any atom is -0.481 e. The second-order valence-corrected chi connectivity index (χ2v) is 7.39. The third-order valence-corrected chi connectivity index (χ3v) is 5.67. The number of hydrogen-bond acceptors (Lipinski definition) is 3. The second kappa shape index (κ2) is 6.75. The molecular weight excluding hydrogens is 387 g/mol. The predicted octanol–water partition coefficient (Wildman–Crippen LogP) is 3.57. The number of nitrogens with zero attached hydrogens (tertiary/aromatic N) is 2. The first-order valence-corrected chi connectivity index (χ1v) is 9.10. The minimum absolute atomic E-state index is 0.107. The number of anilines is 1. The number of nitrogens with one attached hydrogen (secondary N) is 1. The molecule has 152 valence electrons.